The molecule has 5 heteroatoms. The van der Waals surface area contributed by atoms with Gasteiger partial charge in [-0.25, -0.2) is 0 Å². The lowest BCUT2D eigenvalue weighted by atomic mass is 9.94. The number of hydrogen-bond acceptors (Lipinski definition) is 3. The van der Waals surface area contributed by atoms with Gasteiger partial charge in [0.05, 0.1) is 0 Å². The van der Waals surface area contributed by atoms with Gasteiger partial charge in [-0.1, -0.05) is 13.8 Å². The quantitative estimate of drug-likeness (QED) is 0.666. The predicted octanol–water partition coefficient (Wildman–Crippen LogP) is 2.14. The van der Waals surface area contributed by atoms with Gasteiger partial charge in [0.25, 0.3) is 5.91 Å². The molecule has 5 nitrogen and oxygen atoms in total. The number of carboxylic acids is 1. The van der Waals surface area contributed by atoms with Crippen LogP contribution in [0.4, 0.5) is 5.69 Å². The number of nitrogens with one attached hydrogen (secondary N) is 1. The molecule has 110 valence electrons. The summed E-state index contributed by atoms with van der Waals surface area (Å²) in [6, 6.07) is 6.63. The van der Waals surface area contributed by atoms with Crippen LogP contribution in [0.3, 0.4) is 0 Å². The number of nitrogen functional groups attached to an aromatic ring is 1. The van der Waals surface area contributed by atoms with E-state index in [1.54, 1.807) is 24.3 Å². The molecular weight excluding hydrogens is 256 g/mol. The molecule has 1 aromatic rings. The van der Waals surface area contributed by atoms with Crippen molar-refractivity contribution in [3.63, 3.8) is 0 Å². The molecule has 0 aromatic heterocycles. The molecule has 0 saturated heterocycles. The highest BCUT2D eigenvalue weighted by Crippen LogP contribution is 2.15. The van der Waals surface area contributed by atoms with E-state index in [-0.39, 0.29) is 18.2 Å². The molecule has 0 bridgehead atoms. The second-order valence-corrected chi connectivity index (χ2v) is 5.43. The van der Waals surface area contributed by atoms with E-state index in [4.69, 9.17) is 10.8 Å². The van der Waals surface area contributed by atoms with E-state index in [9.17, 15) is 9.59 Å². The van der Waals surface area contributed by atoms with Crippen LogP contribution in [0.15, 0.2) is 24.3 Å². The monoisotopic (exact) mass is 278 g/mol. The van der Waals surface area contributed by atoms with E-state index in [1.165, 1.54) is 0 Å². The van der Waals surface area contributed by atoms with Gasteiger partial charge in [-0.2, -0.15) is 0 Å². The van der Waals surface area contributed by atoms with E-state index < -0.39 is 5.97 Å². The molecular formula is C15H22N2O3. The topological polar surface area (TPSA) is 92.4 Å². The summed E-state index contributed by atoms with van der Waals surface area (Å²) >= 11 is 0. The smallest absolute Gasteiger partial charge is 0.303 e. The first-order valence-corrected chi connectivity index (χ1v) is 6.74. The Bertz CT molecular complexity index is 455. The van der Waals surface area contributed by atoms with Crippen LogP contribution in [0.5, 0.6) is 0 Å². The fourth-order valence-electron chi connectivity index (χ4n) is 2.13. The Morgan fingerprint density at radius 2 is 1.85 bits per heavy atom. The van der Waals surface area contributed by atoms with E-state index >= 15 is 0 Å². The third kappa shape index (κ3) is 5.73. The average Bonchev–Trinajstić information content (AvgIpc) is 2.35. The van der Waals surface area contributed by atoms with Gasteiger partial charge in [0, 0.05) is 24.2 Å². The van der Waals surface area contributed by atoms with Gasteiger partial charge < -0.3 is 16.2 Å². The summed E-state index contributed by atoms with van der Waals surface area (Å²) in [5.41, 5.74) is 6.69. The number of carbonyl (C=O) groups excluding carboxylic acids is 1. The summed E-state index contributed by atoms with van der Waals surface area (Å²) in [7, 11) is 0. The Morgan fingerprint density at radius 1 is 1.25 bits per heavy atom. The minimum atomic E-state index is -0.836. The van der Waals surface area contributed by atoms with Crippen LogP contribution in [0, 0.1) is 11.8 Å². The number of aliphatic carboxylic acids is 1. The van der Waals surface area contributed by atoms with Crippen molar-refractivity contribution < 1.29 is 14.7 Å². The lowest BCUT2D eigenvalue weighted by molar-refractivity contribution is -0.138. The van der Waals surface area contributed by atoms with Crippen LogP contribution in [-0.2, 0) is 4.79 Å². The number of benzene rings is 1. The molecule has 0 aliphatic rings. The van der Waals surface area contributed by atoms with Crippen molar-refractivity contribution in [2.24, 2.45) is 11.8 Å². The largest absolute Gasteiger partial charge is 0.481 e. The average molecular weight is 278 g/mol. The highest BCUT2D eigenvalue weighted by atomic mass is 16.4. The Kier molecular flexibility index (Phi) is 6.03. The number of hydrogen-bond donors (Lipinski definition) is 3. The molecule has 0 aliphatic carbocycles. The molecule has 0 fully saturated rings. The van der Waals surface area contributed by atoms with Crippen molar-refractivity contribution in [1.82, 2.24) is 5.32 Å². The fourth-order valence-corrected chi connectivity index (χ4v) is 2.13. The first-order valence-electron chi connectivity index (χ1n) is 6.74. The Hall–Kier alpha value is -2.04. The number of carbonyl (C=O) groups is 2. The normalized spacial score (nSPS) is 12.2. The van der Waals surface area contributed by atoms with Crippen molar-refractivity contribution in [3.05, 3.63) is 29.8 Å². The van der Waals surface area contributed by atoms with Gasteiger partial charge in [-0.05, 0) is 42.5 Å². The van der Waals surface area contributed by atoms with Crippen LogP contribution in [-0.4, -0.2) is 23.5 Å². The van der Waals surface area contributed by atoms with Gasteiger partial charge >= 0.3 is 5.97 Å². The maximum absolute atomic E-state index is 11.9. The van der Waals surface area contributed by atoms with Crippen LogP contribution < -0.4 is 11.1 Å². The van der Waals surface area contributed by atoms with Crippen LogP contribution in [0.2, 0.25) is 0 Å². The zero-order valence-corrected chi connectivity index (χ0v) is 11.9. The van der Waals surface area contributed by atoms with Crippen molar-refractivity contribution >= 4 is 17.6 Å². The van der Waals surface area contributed by atoms with Crippen molar-refractivity contribution in [3.8, 4) is 0 Å². The summed E-state index contributed by atoms with van der Waals surface area (Å²) in [6.45, 7) is 4.45. The molecule has 1 rings (SSSR count). The molecule has 0 saturated carbocycles. The molecule has 1 aromatic carbocycles. The minimum absolute atomic E-state index is 0.0507. The van der Waals surface area contributed by atoms with Crippen LogP contribution >= 0.6 is 0 Å². The van der Waals surface area contributed by atoms with Crippen molar-refractivity contribution in [2.45, 2.75) is 26.7 Å². The number of carboxylic acid groups (broad SMARTS) is 1. The fraction of sp³-hybridized carbons (Fsp3) is 0.467. The Balaban J connectivity index is 2.55. The van der Waals surface area contributed by atoms with Gasteiger partial charge in [0.15, 0.2) is 0 Å². The summed E-state index contributed by atoms with van der Waals surface area (Å²) in [4.78, 5) is 22.7. The van der Waals surface area contributed by atoms with E-state index in [0.717, 1.165) is 6.42 Å². The molecule has 0 heterocycles. The van der Waals surface area contributed by atoms with Gasteiger partial charge in [-0.15, -0.1) is 0 Å². The van der Waals surface area contributed by atoms with Gasteiger partial charge in [0.1, 0.15) is 0 Å². The molecule has 0 spiro atoms. The Labute approximate surface area is 119 Å². The lowest BCUT2D eigenvalue weighted by Crippen LogP contribution is -2.31. The summed E-state index contributed by atoms with van der Waals surface area (Å²) in [6.07, 6.45) is 0.842. The standard InChI is InChI=1S/C15H22N2O3/c1-10(2)7-11(8-14(18)19)9-17-15(20)12-3-5-13(16)6-4-12/h3-6,10-11H,7-9,16H2,1-2H3,(H,17,20)(H,18,19)/t11-/m0/s1. The summed E-state index contributed by atoms with van der Waals surface area (Å²) in [5.74, 6) is -0.695. The number of anilines is 1. The zero-order chi connectivity index (χ0) is 15.1. The van der Waals surface area contributed by atoms with Gasteiger partial charge in [-0.3, -0.25) is 9.59 Å². The third-order valence-corrected chi connectivity index (χ3v) is 2.99. The SMILES string of the molecule is CC(C)C[C@H](CNC(=O)c1ccc(N)cc1)CC(=O)O. The van der Waals surface area contributed by atoms with Crippen LogP contribution in [0.1, 0.15) is 37.0 Å². The van der Waals surface area contributed by atoms with Crippen molar-refractivity contribution in [1.29, 1.82) is 0 Å². The number of rotatable bonds is 7. The Morgan fingerprint density at radius 3 is 2.35 bits per heavy atom. The van der Waals surface area contributed by atoms with Gasteiger partial charge in [0.2, 0.25) is 0 Å². The van der Waals surface area contributed by atoms with Crippen LogP contribution in [0.25, 0.3) is 0 Å². The summed E-state index contributed by atoms with van der Waals surface area (Å²) < 4.78 is 0. The second kappa shape index (κ2) is 7.53. The zero-order valence-electron chi connectivity index (χ0n) is 11.9. The highest BCUT2D eigenvalue weighted by molar-refractivity contribution is 5.94. The third-order valence-electron chi connectivity index (χ3n) is 2.99. The molecule has 0 aliphatic heterocycles. The maximum Gasteiger partial charge on any atom is 0.303 e. The minimum Gasteiger partial charge on any atom is -0.481 e. The molecule has 20 heavy (non-hydrogen) atoms. The van der Waals surface area contributed by atoms with E-state index in [0.29, 0.717) is 23.7 Å². The first-order chi connectivity index (χ1) is 9.38. The van der Waals surface area contributed by atoms with E-state index in [1.807, 2.05) is 13.8 Å². The first kappa shape index (κ1) is 16.0. The lowest BCUT2D eigenvalue weighted by Gasteiger charge is -2.17. The highest BCUT2D eigenvalue weighted by Gasteiger charge is 2.16. The predicted molar refractivity (Wildman–Crippen MR) is 78.4 cm³/mol. The molecule has 0 radical (unpaired) electrons. The molecule has 4 N–H and O–H groups in total. The molecule has 1 atom stereocenters. The second-order valence-electron chi connectivity index (χ2n) is 5.43. The van der Waals surface area contributed by atoms with E-state index in [2.05, 4.69) is 5.32 Å². The number of nitrogens with two attached hydrogens (primary N) is 1. The maximum atomic E-state index is 11.9. The van der Waals surface area contributed by atoms with Crippen molar-refractivity contribution in [2.75, 3.05) is 12.3 Å². The summed E-state index contributed by atoms with van der Waals surface area (Å²) in [5, 5.41) is 11.7. The number of amides is 1. The molecule has 1 amide bonds. The molecule has 0 unspecified atom stereocenters.